The quantitative estimate of drug-likeness (QED) is 0.753. The second kappa shape index (κ2) is 8.00. The van der Waals surface area contributed by atoms with Crippen molar-refractivity contribution in [2.45, 2.75) is 12.8 Å². The van der Waals surface area contributed by atoms with Crippen LogP contribution in [0.1, 0.15) is 23.2 Å². The lowest BCUT2D eigenvalue weighted by Gasteiger charge is -2.18. The molecule has 1 N–H and O–H groups in total. The monoisotopic (exact) mass is 416 g/mol. The number of anilines is 2. The van der Waals surface area contributed by atoms with Crippen LogP contribution in [0.3, 0.4) is 0 Å². The molecule has 9 heteroatoms. The van der Waals surface area contributed by atoms with E-state index in [-0.39, 0.29) is 18.3 Å². The number of nitrogens with one attached hydrogen (secondary N) is 1. The van der Waals surface area contributed by atoms with Crippen LogP contribution >= 0.6 is 11.6 Å². The number of halogens is 1. The smallest absolute Gasteiger partial charge is 0.338 e. The maximum atomic E-state index is 12.3. The van der Waals surface area contributed by atoms with Gasteiger partial charge in [0.25, 0.3) is 5.91 Å². The first-order chi connectivity index (χ1) is 14.0. The highest BCUT2D eigenvalue weighted by Crippen LogP contribution is 2.34. The van der Waals surface area contributed by atoms with E-state index in [2.05, 4.69) is 5.32 Å². The third kappa shape index (κ3) is 4.12. The van der Waals surface area contributed by atoms with Crippen molar-refractivity contribution in [2.24, 2.45) is 0 Å². The van der Waals surface area contributed by atoms with Gasteiger partial charge in [-0.15, -0.1) is 0 Å². The molecule has 0 radical (unpaired) electrons. The second-order valence-electron chi connectivity index (χ2n) is 6.51. The minimum Gasteiger partial charge on any atom is -0.454 e. The highest BCUT2D eigenvalue weighted by atomic mass is 35.5. The molecule has 0 unspecified atom stereocenters. The summed E-state index contributed by atoms with van der Waals surface area (Å²) in [5.74, 6) is -0.0913. The van der Waals surface area contributed by atoms with E-state index in [1.54, 1.807) is 23.1 Å². The van der Waals surface area contributed by atoms with Crippen molar-refractivity contribution in [2.75, 3.05) is 30.2 Å². The average molecular weight is 417 g/mol. The van der Waals surface area contributed by atoms with Crippen LogP contribution in [0.4, 0.5) is 11.4 Å². The molecular weight excluding hydrogens is 400 g/mol. The van der Waals surface area contributed by atoms with Crippen molar-refractivity contribution < 1.29 is 28.6 Å². The molecule has 1 fully saturated rings. The highest BCUT2D eigenvalue weighted by Gasteiger charge is 2.25. The number of benzene rings is 2. The number of esters is 1. The zero-order valence-electron chi connectivity index (χ0n) is 15.3. The lowest BCUT2D eigenvalue weighted by molar-refractivity contribution is -0.119. The molecule has 2 aliphatic heterocycles. The molecule has 1 saturated heterocycles. The summed E-state index contributed by atoms with van der Waals surface area (Å²) in [5, 5.41) is 3.00. The zero-order chi connectivity index (χ0) is 20.4. The standard InChI is InChI=1S/C20H17ClN2O6/c21-14-5-3-12(8-15(14)23-7-1-2-19(23)25)20(26)27-10-18(24)22-13-4-6-16-17(9-13)29-11-28-16/h3-6,8-9H,1-2,7,10-11H2,(H,22,24). The summed E-state index contributed by atoms with van der Waals surface area (Å²) in [4.78, 5) is 37.9. The number of hydrogen-bond donors (Lipinski definition) is 1. The first-order valence-corrected chi connectivity index (χ1v) is 9.35. The van der Waals surface area contributed by atoms with E-state index in [0.29, 0.717) is 40.9 Å². The van der Waals surface area contributed by atoms with E-state index < -0.39 is 18.5 Å². The van der Waals surface area contributed by atoms with E-state index in [9.17, 15) is 14.4 Å². The van der Waals surface area contributed by atoms with Crippen molar-refractivity contribution >= 4 is 40.8 Å². The van der Waals surface area contributed by atoms with Crippen molar-refractivity contribution in [3.8, 4) is 11.5 Å². The van der Waals surface area contributed by atoms with Crippen LogP contribution in [0, 0.1) is 0 Å². The molecule has 2 aliphatic rings. The van der Waals surface area contributed by atoms with Crippen LogP contribution in [-0.4, -0.2) is 37.7 Å². The molecule has 4 rings (SSSR count). The topological polar surface area (TPSA) is 94.2 Å². The Bertz CT molecular complexity index is 993. The first kappa shape index (κ1) is 19.1. The van der Waals surface area contributed by atoms with Crippen molar-refractivity contribution in [3.63, 3.8) is 0 Å². The Kier molecular flexibility index (Phi) is 5.26. The third-order valence-corrected chi connectivity index (χ3v) is 4.86. The molecule has 8 nitrogen and oxygen atoms in total. The molecule has 0 bridgehead atoms. The molecule has 0 atom stereocenters. The third-order valence-electron chi connectivity index (χ3n) is 4.54. The molecule has 2 aromatic carbocycles. The maximum Gasteiger partial charge on any atom is 0.338 e. The Hall–Kier alpha value is -3.26. The molecule has 2 aromatic rings. The lowest BCUT2D eigenvalue weighted by atomic mass is 10.2. The molecule has 2 heterocycles. The predicted octanol–water partition coefficient (Wildman–Crippen LogP) is 2.99. The fourth-order valence-electron chi connectivity index (χ4n) is 3.14. The SMILES string of the molecule is O=C(COC(=O)c1ccc(Cl)c(N2CCCC2=O)c1)Nc1ccc2c(c1)OCO2. The van der Waals surface area contributed by atoms with Crippen LogP contribution in [0.15, 0.2) is 36.4 Å². The van der Waals surface area contributed by atoms with Crippen molar-refractivity contribution in [1.29, 1.82) is 0 Å². The van der Waals surface area contributed by atoms with Gasteiger partial charge in [-0.2, -0.15) is 0 Å². The Morgan fingerprint density at radius 3 is 2.76 bits per heavy atom. The molecule has 2 amide bonds. The Balaban J connectivity index is 1.37. The van der Waals surface area contributed by atoms with Gasteiger partial charge in [0.2, 0.25) is 12.7 Å². The van der Waals surface area contributed by atoms with Crippen molar-refractivity contribution in [1.82, 2.24) is 0 Å². The number of fused-ring (bicyclic) bond motifs is 1. The number of ether oxygens (including phenoxy) is 3. The summed E-state index contributed by atoms with van der Waals surface area (Å²) < 4.78 is 15.5. The lowest BCUT2D eigenvalue weighted by Crippen LogP contribution is -2.24. The molecule has 29 heavy (non-hydrogen) atoms. The molecular formula is C20H17ClN2O6. The van der Waals surface area contributed by atoms with E-state index in [0.717, 1.165) is 6.42 Å². The first-order valence-electron chi connectivity index (χ1n) is 8.98. The van der Waals surface area contributed by atoms with Gasteiger partial charge in [0.15, 0.2) is 18.1 Å². The number of nitrogens with zero attached hydrogens (tertiary/aromatic N) is 1. The highest BCUT2D eigenvalue weighted by molar-refractivity contribution is 6.34. The summed E-state index contributed by atoms with van der Waals surface area (Å²) in [6.07, 6.45) is 1.19. The van der Waals surface area contributed by atoms with Crippen LogP contribution in [0.5, 0.6) is 11.5 Å². The Labute approximate surface area is 171 Å². The largest absolute Gasteiger partial charge is 0.454 e. The minimum absolute atomic E-state index is 0.0412. The van der Waals surface area contributed by atoms with Gasteiger partial charge in [0.1, 0.15) is 0 Å². The van der Waals surface area contributed by atoms with Crippen LogP contribution in [0.25, 0.3) is 0 Å². The Morgan fingerprint density at radius 1 is 1.14 bits per heavy atom. The van der Waals surface area contributed by atoms with E-state index >= 15 is 0 Å². The molecule has 0 aromatic heterocycles. The number of hydrogen-bond acceptors (Lipinski definition) is 6. The normalized spacial score (nSPS) is 14.8. The molecule has 150 valence electrons. The van der Waals surface area contributed by atoms with Crippen LogP contribution < -0.4 is 19.7 Å². The molecule has 0 aliphatic carbocycles. The maximum absolute atomic E-state index is 12.3. The van der Waals surface area contributed by atoms with Gasteiger partial charge in [-0.25, -0.2) is 4.79 Å². The minimum atomic E-state index is -0.685. The summed E-state index contributed by atoms with van der Waals surface area (Å²) in [5.41, 5.74) is 1.17. The second-order valence-corrected chi connectivity index (χ2v) is 6.91. The summed E-state index contributed by atoms with van der Waals surface area (Å²) in [7, 11) is 0. The fourth-order valence-corrected chi connectivity index (χ4v) is 3.35. The van der Waals surface area contributed by atoms with E-state index in [1.807, 2.05) is 0 Å². The number of carbonyl (C=O) groups excluding carboxylic acids is 3. The fraction of sp³-hybridized carbons (Fsp3) is 0.250. The van der Waals surface area contributed by atoms with Crippen LogP contribution in [0.2, 0.25) is 5.02 Å². The van der Waals surface area contributed by atoms with Gasteiger partial charge in [-0.3, -0.25) is 9.59 Å². The molecule has 0 spiro atoms. The van der Waals surface area contributed by atoms with Crippen LogP contribution in [-0.2, 0) is 14.3 Å². The van der Waals surface area contributed by atoms with Gasteiger partial charge in [-0.05, 0) is 36.8 Å². The summed E-state index contributed by atoms with van der Waals surface area (Å²) >= 11 is 6.18. The van der Waals surface area contributed by atoms with Gasteiger partial charge < -0.3 is 24.4 Å². The van der Waals surface area contributed by atoms with Gasteiger partial charge >= 0.3 is 5.97 Å². The van der Waals surface area contributed by atoms with Gasteiger partial charge in [-0.1, -0.05) is 11.6 Å². The summed E-state index contributed by atoms with van der Waals surface area (Å²) in [6, 6.07) is 9.49. The Morgan fingerprint density at radius 2 is 1.97 bits per heavy atom. The van der Waals surface area contributed by atoms with Gasteiger partial charge in [0.05, 0.1) is 16.3 Å². The zero-order valence-corrected chi connectivity index (χ0v) is 16.0. The number of amides is 2. The average Bonchev–Trinajstić information content (AvgIpc) is 3.35. The molecule has 0 saturated carbocycles. The summed E-state index contributed by atoms with van der Waals surface area (Å²) in [6.45, 7) is 0.222. The van der Waals surface area contributed by atoms with Crippen molar-refractivity contribution in [3.05, 3.63) is 47.0 Å². The van der Waals surface area contributed by atoms with Gasteiger partial charge in [0, 0.05) is 24.7 Å². The van der Waals surface area contributed by atoms with E-state index in [1.165, 1.54) is 18.2 Å². The number of carbonyl (C=O) groups is 3. The predicted molar refractivity (Wildman–Crippen MR) is 105 cm³/mol. The number of rotatable bonds is 5. The van der Waals surface area contributed by atoms with E-state index in [4.69, 9.17) is 25.8 Å².